The van der Waals surface area contributed by atoms with Crippen LogP contribution in [0.15, 0.2) is 48.5 Å². The van der Waals surface area contributed by atoms with Gasteiger partial charge in [-0.3, -0.25) is 13.9 Å². The number of benzene rings is 2. The normalized spacial score (nSPS) is 12.1. The second kappa shape index (κ2) is 12.5. The molecule has 7 nitrogen and oxygen atoms in total. The Morgan fingerprint density at radius 3 is 2.24 bits per heavy atom. The van der Waals surface area contributed by atoms with Crippen LogP contribution in [-0.4, -0.2) is 50.5 Å². The molecule has 0 heterocycles. The van der Waals surface area contributed by atoms with Crippen LogP contribution >= 0.6 is 0 Å². The maximum absolute atomic E-state index is 13.6. The highest BCUT2D eigenvalue weighted by Crippen LogP contribution is 2.24. The molecule has 0 saturated carbocycles. The smallest absolute Gasteiger partial charge is 0.244 e. The number of halogens is 1. The predicted octanol–water partition coefficient (Wildman–Crippen LogP) is 3.49. The fraction of sp³-hybridized carbons (Fsp3) is 0.440. The lowest BCUT2D eigenvalue weighted by atomic mass is 10.1. The Kier molecular flexibility index (Phi) is 10.0. The van der Waals surface area contributed by atoms with Gasteiger partial charge in [-0.2, -0.15) is 0 Å². The molecule has 0 aliphatic rings. The highest BCUT2D eigenvalue weighted by atomic mass is 32.2. The first-order valence-electron chi connectivity index (χ1n) is 11.5. The molecule has 0 radical (unpaired) electrons. The summed E-state index contributed by atoms with van der Waals surface area (Å²) in [5.41, 5.74) is 1.86. The molecule has 0 spiro atoms. The summed E-state index contributed by atoms with van der Waals surface area (Å²) in [7, 11) is -3.79. The fourth-order valence-corrected chi connectivity index (χ4v) is 4.60. The molecule has 0 unspecified atom stereocenters. The summed E-state index contributed by atoms with van der Waals surface area (Å²) in [6, 6.07) is 11.9. The Hall–Kier alpha value is -2.94. The average molecular weight is 492 g/mol. The van der Waals surface area contributed by atoms with Gasteiger partial charge in [0.15, 0.2) is 0 Å². The van der Waals surface area contributed by atoms with Crippen molar-refractivity contribution >= 4 is 27.5 Å². The third-order valence-corrected chi connectivity index (χ3v) is 6.65. The Balaban J connectivity index is 2.45. The van der Waals surface area contributed by atoms with Crippen molar-refractivity contribution in [1.29, 1.82) is 0 Å². The number of sulfonamides is 1. The number of aryl methyl sites for hydroxylation is 1. The first kappa shape index (κ1) is 27.3. The van der Waals surface area contributed by atoms with Crippen molar-refractivity contribution in [2.24, 2.45) is 0 Å². The lowest BCUT2D eigenvalue weighted by Crippen LogP contribution is -2.52. The Bertz CT molecular complexity index is 1070. The number of amides is 2. The molecule has 0 aromatic heterocycles. The van der Waals surface area contributed by atoms with Gasteiger partial charge in [0.05, 0.1) is 11.9 Å². The molecular formula is C25H34FN3O4S. The van der Waals surface area contributed by atoms with Gasteiger partial charge in [-0.15, -0.1) is 0 Å². The van der Waals surface area contributed by atoms with Gasteiger partial charge >= 0.3 is 0 Å². The average Bonchev–Trinajstić information content (AvgIpc) is 2.81. The van der Waals surface area contributed by atoms with Crippen molar-refractivity contribution in [3.63, 3.8) is 0 Å². The SMILES string of the molecule is CCCNC(=O)[C@@H](CC)N(Cc1ccc(F)cc1)C(=O)CN(c1ccccc1CC)S(C)(=O)=O. The molecule has 2 amide bonds. The summed E-state index contributed by atoms with van der Waals surface area (Å²) in [6.45, 7) is 5.69. The number of nitrogens with one attached hydrogen (secondary N) is 1. The molecule has 2 aromatic rings. The monoisotopic (exact) mass is 491 g/mol. The van der Waals surface area contributed by atoms with E-state index in [1.54, 1.807) is 31.2 Å². The van der Waals surface area contributed by atoms with E-state index in [-0.39, 0.29) is 12.5 Å². The largest absolute Gasteiger partial charge is 0.354 e. The number of carbonyl (C=O) groups excluding carboxylic acids is 2. The van der Waals surface area contributed by atoms with Gasteiger partial charge in [-0.1, -0.05) is 51.1 Å². The number of anilines is 1. The van der Waals surface area contributed by atoms with E-state index in [1.165, 1.54) is 17.0 Å². The summed E-state index contributed by atoms with van der Waals surface area (Å²) in [5, 5.41) is 2.82. The van der Waals surface area contributed by atoms with Crippen LogP contribution in [0, 0.1) is 5.82 Å². The van der Waals surface area contributed by atoms with Gasteiger partial charge < -0.3 is 10.2 Å². The number of carbonyl (C=O) groups is 2. The second-order valence-corrected chi connectivity index (χ2v) is 10.0. The Morgan fingerprint density at radius 2 is 1.68 bits per heavy atom. The number of rotatable bonds is 12. The van der Waals surface area contributed by atoms with Crippen LogP contribution in [0.4, 0.5) is 10.1 Å². The van der Waals surface area contributed by atoms with E-state index in [0.29, 0.717) is 30.6 Å². The maximum Gasteiger partial charge on any atom is 0.244 e. The van der Waals surface area contributed by atoms with Crippen LogP contribution in [0.5, 0.6) is 0 Å². The highest BCUT2D eigenvalue weighted by molar-refractivity contribution is 7.92. The van der Waals surface area contributed by atoms with Gasteiger partial charge in [-0.25, -0.2) is 12.8 Å². The van der Waals surface area contributed by atoms with Gasteiger partial charge in [0.1, 0.15) is 18.4 Å². The molecule has 0 bridgehead atoms. The topological polar surface area (TPSA) is 86.8 Å². The van der Waals surface area contributed by atoms with E-state index in [0.717, 1.165) is 22.5 Å². The third kappa shape index (κ3) is 7.28. The number of hydrogen-bond acceptors (Lipinski definition) is 4. The number of hydrogen-bond donors (Lipinski definition) is 1. The zero-order valence-corrected chi connectivity index (χ0v) is 21.1. The van der Waals surface area contributed by atoms with Crippen molar-refractivity contribution in [2.45, 2.75) is 52.6 Å². The minimum absolute atomic E-state index is 0.0458. The molecule has 1 atom stereocenters. The summed E-state index contributed by atoms with van der Waals surface area (Å²) in [5.74, 6) is -1.23. The molecule has 0 saturated heterocycles. The third-order valence-electron chi connectivity index (χ3n) is 5.52. The molecule has 2 aromatic carbocycles. The minimum atomic E-state index is -3.79. The van der Waals surface area contributed by atoms with E-state index in [1.807, 2.05) is 26.0 Å². The number of para-hydroxylation sites is 1. The number of nitrogens with zero attached hydrogens (tertiary/aromatic N) is 2. The molecular weight excluding hydrogens is 457 g/mol. The Labute approximate surface area is 202 Å². The van der Waals surface area contributed by atoms with Crippen LogP contribution in [-0.2, 0) is 32.6 Å². The van der Waals surface area contributed by atoms with Crippen LogP contribution in [0.25, 0.3) is 0 Å². The van der Waals surface area contributed by atoms with E-state index in [4.69, 9.17) is 0 Å². The highest BCUT2D eigenvalue weighted by Gasteiger charge is 2.32. The van der Waals surface area contributed by atoms with Crippen molar-refractivity contribution in [2.75, 3.05) is 23.7 Å². The summed E-state index contributed by atoms with van der Waals surface area (Å²) >= 11 is 0. The predicted molar refractivity (Wildman–Crippen MR) is 132 cm³/mol. The van der Waals surface area contributed by atoms with Gasteiger partial charge in [0, 0.05) is 13.1 Å². The van der Waals surface area contributed by atoms with Crippen LogP contribution in [0.1, 0.15) is 44.7 Å². The molecule has 9 heteroatoms. The molecule has 0 aliphatic heterocycles. The van der Waals surface area contributed by atoms with Gasteiger partial charge in [0.25, 0.3) is 0 Å². The van der Waals surface area contributed by atoms with Crippen LogP contribution in [0.2, 0.25) is 0 Å². The quantitative estimate of drug-likeness (QED) is 0.492. The first-order valence-corrected chi connectivity index (χ1v) is 13.3. The fourth-order valence-electron chi connectivity index (χ4n) is 3.72. The van der Waals surface area contributed by atoms with E-state index in [2.05, 4.69) is 5.32 Å². The summed E-state index contributed by atoms with van der Waals surface area (Å²) in [4.78, 5) is 27.8. The molecule has 1 N–H and O–H groups in total. The molecule has 2 rings (SSSR count). The van der Waals surface area contributed by atoms with Crippen molar-refractivity contribution < 1.29 is 22.4 Å². The first-order chi connectivity index (χ1) is 16.1. The van der Waals surface area contributed by atoms with Crippen molar-refractivity contribution in [3.05, 3.63) is 65.5 Å². The zero-order chi connectivity index (χ0) is 25.3. The van der Waals surface area contributed by atoms with E-state index < -0.39 is 34.3 Å². The van der Waals surface area contributed by atoms with E-state index >= 15 is 0 Å². The Morgan fingerprint density at radius 1 is 1.03 bits per heavy atom. The van der Waals surface area contributed by atoms with Gasteiger partial charge in [-0.05, 0) is 48.6 Å². The lowest BCUT2D eigenvalue weighted by molar-refractivity contribution is -0.140. The second-order valence-electron chi connectivity index (χ2n) is 8.12. The molecule has 186 valence electrons. The van der Waals surface area contributed by atoms with Crippen molar-refractivity contribution in [1.82, 2.24) is 10.2 Å². The van der Waals surface area contributed by atoms with Crippen LogP contribution in [0.3, 0.4) is 0 Å². The summed E-state index contributed by atoms with van der Waals surface area (Å²) in [6.07, 6.45) is 2.73. The van der Waals surface area contributed by atoms with E-state index in [9.17, 15) is 22.4 Å². The molecule has 0 fully saturated rings. The minimum Gasteiger partial charge on any atom is -0.354 e. The van der Waals surface area contributed by atoms with Crippen LogP contribution < -0.4 is 9.62 Å². The standard InChI is InChI=1S/C25H34FN3O4S/c1-5-16-27-25(31)22(7-3)28(17-19-12-14-21(26)15-13-19)24(30)18-29(34(4,32)33)23-11-9-8-10-20(23)6-2/h8-15,22H,5-7,16-18H2,1-4H3,(H,27,31)/t22-/m1/s1. The zero-order valence-electron chi connectivity index (χ0n) is 20.3. The van der Waals surface area contributed by atoms with Crippen molar-refractivity contribution in [3.8, 4) is 0 Å². The van der Waals surface area contributed by atoms with Gasteiger partial charge in [0.2, 0.25) is 21.8 Å². The lowest BCUT2D eigenvalue weighted by Gasteiger charge is -2.33. The summed E-state index contributed by atoms with van der Waals surface area (Å²) < 4.78 is 39.9. The molecule has 34 heavy (non-hydrogen) atoms. The maximum atomic E-state index is 13.6. The molecule has 0 aliphatic carbocycles.